The number of aromatic amines is 1. The first kappa shape index (κ1) is 13.9. The molecule has 1 aromatic heterocycles. The van der Waals surface area contributed by atoms with Crippen LogP contribution in [0.25, 0.3) is 11.3 Å². The Morgan fingerprint density at radius 3 is 2.65 bits per heavy atom. The minimum absolute atomic E-state index is 0.350. The van der Waals surface area contributed by atoms with Crippen LogP contribution in [0.5, 0.6) is 0 Å². The van der Waals surface area contributed by atoms with Crippen molar-refractivity contribution in [1.82, 2.24) is 9.97 Å². The van der Waals surface area contributed by atoms with Crippen molar-refractivity contribution in [2.24, 2.45) is 5.73 Å². The number of halogens is 2. The van der Waals surface area contributed by atoms with E-state index in [2.05, 4.69) is 9.97 Å². The van der Waals surface area contributed by atoms with E-state index in [1.807, 2.05) is 12.3 Å². The molecule has 0 atom stereocenters. The van der Waals surface area contributed by atoms with Crippen molar-refractivity contribution in [2.45, 2.75) is 37.6 Å². The summed E-state index contributed by atoms with van der Waals surface area (Å²) < 4.78 is 0. The van der Waals surface area contributed by atoms with Crippen LogP contribution < -0.4 is 5.73 Å². The van der Waals surface area contributed by atoms with Crippen LogP contribution in [0.3, 0.4) is 0 Å². The second-order valence-corrected chi connectivity index (χ2v) is 6.26. The average molecular weight is 310 g/mol. The van der Waals surface area contributed by atoms with Crippen LogP contribution in [0, 0.1) is 0 Å². The molecule has 2 aromatic rings. The summed E-state index contributed by atoms with van der Waals surface area (Å²) in [5.41, 5.74) is 7.76. The monoisotopic (exact) mass is 309 g/mol. The van der Waals surface area contributed by atoms with Gasteiger partial charge in [-0.25, -0.2) is 4.98 Å². The summed E-state index contributed by atoms with van der Waals surface area (Å²) in [5, 5.41) is 1.35. The number of aromatic nitrogens is 2. The minimum atomic E-state index is 0.350. The fraction of sp³-hybridized carbons (Fsp3) is 0.400. The number of nitrogens with two attached hydrogens (primary N) is 1. The standard InChI is InChI=1S/C15H17Cl2N3/c16-10-3-6-13(17)12(7-10)14-8-19-15(20-14)9-1-4-11(18)5-2-9/h3,6-9,11H,1-2,4-5,18H2,(H,19,20). The Balaban J connectivity index is 1.85. The van der Waals surface area contributed by atoms with Crippen LogP contribution in [0.15, 0.2) is 24.4 Å². The molecule has 1 aliphatic rings. The number of nitrogens with zero attached hydrogens (tertiary/aromatic N) is 1. The third kappa shape index (κ3) is 2.85. The van der Waals surface area contributed by atoms with Crippen LogP contribution in [0.2, 0.25) is 10.0 Å². The van der Waals surface area contributed by atoms with Crippen molar-refractivity contribution in [3.63, 3.8) is 0 Å². The molecule has 3 rings (SSSR count). The van der Waals surface area contributed by atoms with E-state index >= 15 is 0 Å². The number of hydrogen-bond donors (Lipinski definition) is 2. The Hall–Kier alpha value is -1.03. The van der Waals surface area contributed by atoms with Gasteiger partial charge >= 0.3 is 0 Å². The zero-order valence-electron chi connectivity index (χ0n) is 11.1. The molecule has 3 nitrogen and oxygen atoms in total. The summed E-state index contributed by atoms with van der Waals surface area (Å²) in [5.74, 6) is 1.50. The smallest absolute Gasteiger partial charge is 0.109 e. The van der Waals surface area contributed by atoms with Crippen molar-refractivity contribution >= 4 is 23.2 Å². The van der Waals surface area contributed by atoms with Gasteiger partial charge in [-0.3, -0.25) is 0 Å². The van der Waals surface area contributed by atoms with E-state index in [0.717, 1.165) is 42.8 Å². The number of hydrogen-bond acceptors (Lipinski definition) is 2. The molecular formula is C15H17Cl2N3. The molecule has 3 N–H and O–H groups in total. The number of H-pyrrole nitrogens is 1. The topological polar surface area (TPSA) is 54.7 Å². The zero-order chi connectivity index (χ0) is 14.1. The molecule has 0 saturated heterocycles. The predicted octanol–water partition coefficient (Wildman–Crippen LogP) is 4.37. The Kier molecular flexibility index (Phi) is 4.01. The van der Waals surface area contributed by atoms with Crippen LogP contribution in [0.1, 0.15) is 37.4 Å². The van der Waals surface area contributed by atoms with E-state index in [1.54, 1.807) is 12.1 Å². The molecule has 0 amide bonds. The Morgan fingerprint density at radius 2 is 1.90 bits per heavy atom. The first-order valence-electron chi connectivity index (χ1n) is 6.89. The molecule has 1 heterocycles. The number of imidazole rings is 1. The second-order valence-electron chi connectivity index (χ2n) is 5.42. The highest BCUT2D eigenvalue weighted by atomic mass is 35.5. The fourth-order valence-corrected chi connectivity index (χ4v) is 3.17. The number of benzene rings is 1. The summed E-state index contributed by atoms with van der Waals surface area (Å²) in [6.45, 7) is 0. The van der Waals surface area contributed by atoms with Gasteiger partial charge in [0.05, 0.1) is 16.9 Å². The molecule has 1 aromatic carbocycles. The van der Waals surface area contributed by atoms with Crippen molar-refractivity contribution in [3.05, 3.63) is 40.3 Å². The van der Waals surface area contributed by atoms with Crippen molar-refractivity contribution in [1.29, 1.82) is 0 Å². The molecule has 0 spiro atoms. The van der Waals surface area contributed by atoms with E-state index in [-0.39, 0.29) is 0 Å². The quantitative estimate of drug-likeness (QED) is 0.865. The van der Waals surface area contributed by atoms with E-state index < -0.39 is 0 Å². The summed E-state index contributed by atoms with van der Waals surface area (Å²) in [4.78, 5) is 7.90. The van der Waals surface area contributed by atoms with Gasteiger partial charge in [-0.05, 0) is 43.9 Å². The third-order valence-electron chi connectivity index (χ3n) is 3.97. The van der Waals surface area contributed by atoms with Gasteiger partial charge in [0, 0.05) is 22.5 Å². The van der Waals surface area contributed by atoms with Crippen LogP contribution in [0.4, 0.5) is 0 Å². The van der Waals surface area contributed by atoms with Gasteiger partial charge in [0.2, 0.25) is 0 Å². The molecule has 1 saturated carbocycles. The van der Waals surface area contributed by atoms with Crippen LogP contribution >= 0.6 is 23.2 Å². The first-order chi connectivity index (χ1) is 9.63. The molecule has 0 aliphatic heterocycles. The largest absolute Gasteiger partial charge is 0.342 e. The molecule has 20 heavy (non-hydrogen) atoms. The normalized spacial score (nSPS) is 22.9. The summed E-state index contributed by atoms with van der Waals surface area (Å²) in [6.07, 6.45) is 6.16. The van der Waals surface area contributed by atoms with Crippen LogP contribution in [-0.4, -0.2) is 16.0 Å². The highest BCUT2D eigenvalue weighted by Gasteiger charge is 2.22. The number of nitrogens with one attached hydrogen (secondary N) is 1. The lowest BCUT2D eigenvalue weighted by Gasteiger charge is -2.24. The Bertz CT molecular complexity index is 601. The molecule has 0 radical (unpaired) electrons. The first-order valence-corrected chi connectivity index (χ1v) is 7.65. The van der Waals surface area contributed by atoms with Crippen molar-refractivity contribution < 1.29 is 0 Å². The molecule has 0 unspecified atom stereocenters. The van der Waals surface area contributed by atoms with Crippen molar-refractivity contribution in [2.75, 3.05) is 0 Å². The maximum atomic E-state index is 6.22. The molecule has 0 bridgehead atoms. The molecular weight excluding hydrogens is 293 g/mol. The summed E-state index contributed by atoms with van der Waals surface area (Å²) in [6, 6.07) is 5.80. The number of rotatable bonds is 2. The van der Waals surface area contributed by atoms with E-state index in [0.29, 0.717) is 22.0 Å². The van der Waals surface area contributed by atoms with Gasteiger partial charge in [0.25, 0.3) is 0 Å². The zero-order valence-corrected chi connectivity index (χ0v) is 12.6. The maximum absolute atomic E-state index is 6.22. The highest BCUT2D eigenvalue weighted by Crippen LogP contribution is 2.34. The lowest BCUT2D eigenvalue weighted by atomic mass is 9.86. The van der Waals surface area contributed by atoms with E-state index in [4.69, 9.17) is 28.9 Å². The minimum Gasteiger partial charge on any atom is -0.342 e. The third-order valence-corrected chi connectivity index (χ3v) is 4.54. The fourth-order valence-electron chi connectivity index (χ4n) is 2.78. The van der Waals surface area contributed by atoms with E-state index in [9.17, 15) is 0 Å². The molecule has 5 heteroatoms. The summed E-state index contributed by atoms with van der Waals surface area (Å²) >= 11 is 12.3. The van der Waals surface area contributed by atoms with Crippen LogP contribution in [-0.2, 0) is 0 Å². The highest BCUT2D eigenvalue weighted by molar-refractivity contribution is 6.35. The molecule has 1 aliphatic carbocycles. The van der Waals surface area contributed by atoms with Gasteiger partial charge in [-0.2, -0.15) is 0 Å². The Morgan fingerprint density at radius 1 is 1.15 bits per heavy atom. The van der Waals surface area contributed by atoms with E-state index in [1.165, 1.54) is 0 Å². The SMILES string of the molecule is NC1CCC(c2ncc(-c3cc(Cl)ccc3Cl)[nH]2)CC1. The molecule has 106 valence electrons. The van der Waals surface area contributed by atoms with Gasteiger partial charge < -0.3 is 10.7 Å². The van der Waals surface area contributed by atoms with Gasteiger partial charge in [0.1, 0.15) is 5.82 Å². The Labute approximate surface area is 128 Å². The summed E-state index contributed by atoms with van der Waals surface area (Å²) in [7, 11) is 0. The lowest BCUT2D eigenvalue weighted by molar-refractivity contribution is 0.386. The van der Waals surface area contributed by atoms with Gasteiger partial charge in [-0.1, -0.05) is 23.2 Å². The predicted molar refractivity (Wildman–Crippen MR) is 83.2 cm³/mol. The second kappa shape index (κ2) is 5.76. The van der Waals surface area contributed by atoms with Crippen molar-refractivity contribution in [3.8, 4) is 11.3 Å². The van der Waals surface area contributed by atoms with Gasteiger partial charge in [0.15, 0.2) is 0 Å². The molecule has 1 fully saturated rings. The van der Waals surface area contributed by atoms with Gasteiger partial charge in [-0.15, -0.1) is 0 Å². The maximum Gasteiger partial charge on any atom is 0.109 e. The average Bonchev–Trinajstić information content (AvgIpc) is 2.92. The lowest BCUT2D eigenvalue weighted by Crippen LogP contribution is -2.26.